The SMILES string of the molecule is O=C(O)c1cn(CCN2CCOC3CCCC32)nn1. The second-order valence-electron chi connectivity index (χ2n) is 5.12. The molecule has 1 saturated heterocycles. The molecule has 1 aromatic heterocycles. The predicted molar refractivity (Wildman–Crippen MR) is 65.9 cm³/mol. The van der Waals surface area contributed by atoms with Crippen LogP contribution in [-0.2, 0) is 11.3 Å². The van der Waals surface area contributed by atoms with Gasteiger partial charge in [-0.3, -0.25) is 9.58 Å². The molecule has 7 heteroatoms. The number of fused-ring (bicyclic) bond motifs is 1. The third kappa shape index (κ3) is 2.62. The van der Waals surface area contributed by atoms with Crippen molar-refractivity contribution in [2.75, 3.05) is 19.7 Å². The Hall–Kier alpha value is -1.47. The molecule has 2 heterocycles. The number of hydrogen-bond donors (Lipinski definition) is 1. The number of aromatic nitrogens is 3. The first-order chi connectivity index (χ1) is 9.24. The van der Waals surface area contributed by atoms with Crippen molar-refractivity contribution in [3.63, 3.8) is 0 Å². The highest BCUT2D eigenvalue weighted by molar-refractivity contribution is 5.84. The summed E-state index contributed by atoms with van der Waals surface area (Å²) in [5, 5.41) is 16.2. The van der Waals surface area contributed by atoms with Crippen LogP contribution >= 0.6 is 0 Å². The van der Waals surface area contributed by atoms with E-state index in [0.29, 0.717) is 18.7 Å². The summed E-state index contributed by atoms with van der Waals surface area (Å²) in [6.45, 7) is 3.27. The van der Waals surface area contributed by atoms with Crippen molar-refractivity contribution in [2.24, 2.45) is 0 Å². The summed E-state index contributed by atoms with van der Waals surface area (Å²) in [6.07, 6.45) is 5.46. The number of aromatic carboxylic acids is 1. The molecule has 104 valence electrons. The highest BCUT2D eigenvalue weighted by atomic mass is 16.5. The van der Waals surface area contributed by atoms with Gasteiger partial charge in [-0.2, -0.15) is 0 Å². The molecule has 0 amide bonds. The van der Waals surface area contributed by atoms with E-state index in [9.17, 15) is 4.79 Å². The van der Waals surface area contributed by atoms with Crippen LogP contribution < -0.4 is 0 Å². The second kappa shape index (κ2) is 5.26. The molecule has 0 radical (unpaired) electrons. The quantitative estimate of drug-likeness (QED) is 0.840. The van der Waals surface area contributed by atoms with Gasteiger partial charge in [-0.15, -0.1) is 5.10 Å². The Labute approximate surface area is 111 Å². The maximum absolute atomic E-state index is 10.7. The molecular weight excluding hydrogens is 248 g/mol. The lowest BCUT2D eigenvalue weighted by Gasteiger charge is -2.37. The average Bonchev–Trinajstić information content (AvgIpc) is 3.05. The van der Waals surface area contributed by atoms with Gasteiger partial charge in [0.1, 0.15) is 0 Å². The largest absolute Gasteiger partial charge is 0.476 e. The van der Waals surface area contributed by atoms with E-state index in [1.807, 2.05) is 0 Å². The molecular formula is C12H18N4O3. The lowest BCUT2D eigenvalue weighted by molar-refractivity contribution is -0.0566. The number of carbonyl (C=O) groups is 1. The standard InChI is InChI=1S/C12H18N4O3/c17-12(18)9-8-16(14-13-9)5-4-15-6-7-19-11-3-1-2-10(11)15/h8,10-11H,1-7H2,(H,17,18). The zero-order chi connectivity index (χ0) is 13.2. The Balaban J connectivity index is 1.57. The van der Waals surface area contributed by atoms with E-state index in [1.165, 1.54) is 19.0 Å². The number of carboxylic acid groups (broad SMARTS) is 1. The Morgan fingerprint density at radius 3 is 3.16 bits per heavy atom. The molecule has 2 atom stereocenters. The number of nitrogens with zero attached hydrogens (tertiary/aromatic N) is 4. The van der Waals surface area contributed by atoms with Crippen LogP contribution in [-0.4, -0.2) is 62.8 Å². The van der Waals surface area contributed by atoms with Crippen LogP contribution in [0.3, 0.4) is 0 Å². The Kier molecular flexibility index (Phi) is 3.48. The smallest absolute Gasteiger partial charge is 0.358 e. The van der Waals surface area contributed by atoms with E-state index in [-0.39, 0.29) is 5.69 Å². The van der Waals surface area contributed by atoms with Crippen molar-refractivity contribution in [1.29, 1.82) is 0 Å². The molecule has 0 spiro atoms. The molecule has 2 aliphatic rings. The van der Waals surface area contributed by atoms with Crippen molar-refractivity contribution >= 4 is 5.97 Å². The molecule has 2 fully saturated rings. The highest BCUT2D eigenvalue weighted by Crippen LogP contribution is 2.29. The zero-order valence-corrected chi connectivity index (χ0v) is 10.7. The molecule has 1 aromatic rings. The molecule has 0 aromatic carbocycles. The summed E-state index contributed by atoms with van der Waals surface area (Å²) in [6, 6.07) is 0.524. The lowest BCUT2D eigenvalue weighted by Crippen LogP contribution is -2.49. The second-order valence-corrected chi connectivity index (χ2v) is 5.12. The van der Waals surface area contributed by atoms with E-state index in [2.05, 4.69) is 15.2 Å². The van der Waals surface area contributed by atoms with Gasteiger partial charge >= 0.3 is 5.97 Å². The normalized spacial score (nSPS) is 27.4. The van der Waals surface area contributed by atoms with Crippen LogP contribution in [0.2, 0.25) is 0 Å². The molecule has 1 aliphatic carbocycles. The Bertz CT molecular complexity index is 462. The fourth-order valence-corrected chi connectivity index (χ4v) is 3.02. The first-order valence-electron chi connectivity index (χ1n) is 6.73. The fourth-order valence-electron chi connectivity index (χ4n) is 3.02. The molecule has 2 unspecified atom stereocenters. The van der Waals surface area contributed by atoms with Gasteiger partial charge in [0.25, 0.3) is 0 Å². The van der Waals surface area contributed by atoms with Gasteiger partial charge in [0.15, 0.2) is 5.69 Å². The van der Waals surface area contributed by atoms with E-state index >= 15 is 0 Å². The summed E-state index contributed by atoms with van der Waals surface area (Å²) >= 11 is 0. The maximum atomic E-state index is 10.7. The van der Waals surface area contributed by atoms with Crippen LogP contribution in [0, 0.1) is 0 Å². The third-order valence-electron chi connectivity index (χ3n) is 3.97. The molecule has 7 nitrogen and oxygen atoms in total. The van der Waals surface area contributed by atoms with Crippen LogP contribution in [0.4, 0.5) is 0 Å². The van der Waals surface area contributed by atoms with Gasteiger partial charge < -0.3 is 9.84 Å². The van der Waals surface area contributed by atoms with Gasteiger partial charge in [-0.1, -0.05) is 5.21 Å². The lowest BCUT2D eigenvalue weighted by atomic mass is 10.1. The van der Waals surface area contributed by atoms with E-state index in [0.717, 1.165) is 26.1 Å². The first kappa shape index (κ1) is 12.6. The van der Waals surface area contributed by atoms with E-state index in [1.54, 1.807) is 4.68 Å². The maximum Gasteiger partial charge on any atom is 0.358 e. The minimum atomic E-state index is -1.03. The topological polar surface area (TPSA) is 80.5 Å². The van der Waals surface area contributed by atoms with E-state index < -0.39 is 5.97 Å². The van der Waals surface area contributed by atoms with Crippen LogP contribution in [0.1, 0.15) is 29.8 Å². The van der Waals surface area contributed by atoms with Crippen molar-refractivity contribution in [3.05, 3.63) is 11.9 Å². The summed E-state index contributed by atoms with van der Waals surface area (Å²) in [4.78, 5) is 13.2. The number of rotatable bonds is 4. The van der Waals surface area contributed by atoms with Gasteiger partial charge in [0.05, 0.1) is 25.5 Å². The number of morpholine rings is 1. The van der Waals surface area contributed by atoms with Crippen molar-refractivity contribution in [3.8, 4) is 0 Å². The summed E-state index contributed by atoms with van der Waals surface area (Å²) in [5.41, 5.74) is 0.000667. The Morgan fingerprint density at radius 2 is 2.37 bits per heavy atom. The van der Waals surface area contributed by atoms with Crippen molar-refractivity contribution < 1.29 is 14.6 Å². The Morgan fingerprint density at radius 1 is 1.47 bits per heavy atom. The van der Waals surface area contributed by atoms with Gasteiger partial charge in [0, 0.05) is 19.1 Å². The molecule has 19 heavy (non-hydrogen) atoms. The molecule has 0 bridgehead atoms. The average molecular weight is 266 g/mol. The number of hydrogen-bond acceptors (Lipinski definition) is 5. The molecule has 1 aliphatic heterocycles. The predicted octanol–water partition coefficient (Wildman–Crippen LogP) is 0.230. The summed E-state index contributed by atoms with van der Waals surface area (Å²) in [5.74, 6) is -1.03. The van der Waals surface area contributed by atoms with E-state index in [4.69, 9.17) is 9.84 Å². The third-order valence-corrected chi connectivity index (χ3v) is 3.97. The minimum absolute atomic E-state index is 0.000667. The van der Waals surface area contributed by atoms with Gasteiger partial charge in [-0.05, 0) is 19.3 Å². The zero-order valence-electron chi connectivity index (χ0n) is 10.7. The number of ether oxygens (including phenoxy) is 1. The fraction of sp³-hybridized carbons (Fsp3) is 0.750. The summed E-state index contributed by atoms with van der Waals surface area (Å²) < 4.78 is 7.37. The summed E-state index contributed by atoms with van der Waals surface area (Å²) in [7, 11) is 0. The monoisotopic (exact) mass is 266 g/mol. The van der Waals surface area contributed by atoms with Gasteiger partial charge in [0.2, 0.25) is 0 Å². The molecule has 1 saturated carbocycles. The van der Waals surface area contributed by atoms with Gasteiger partial charge in [-0.25, -0.2) is 4.79 Å². The highest BCUT2D eigenvalue weighted by Gasteiger charge is 2.35. The molecule has 1 N–H and O–H groups in total. The minimum Gasteiger partial charge on any atom is -0.476 e. The van der Waals surface area contributed by atoms with Crippen molar-refractivity contribution in [1.82, 2.24) is 19.9 Å². The van der Waals surface area contributed by atoms with Crippen LogP contribution in [0.15, 0.2) is 6.20 Å². The van der Waals surface area contributed by atoms with Crippen LogP contribution in [0.25, 0.3) is 0 Å². The van der Waals surface area contributed by atoms with Crippen molar-refractivity contribution in [2.45, 2.75) is 38.0 Å². The molecule has 3 rings (SSSR count). The first-order valence-corrected chi connectivity index (χ1v) is 6.73. The number of carboxylic acids is 1. The van der Waals surface area contributed by atoms with Crippen LogP contribution in [0.5, 0.6) is 0 Å².